The quantitative estimate of drug-likeness (QED) is 0.519. The number of nitrogens with zero attached hydrogens (tertiary/aromatic N) is 5. The van der Waals surface area contributed by atoms with Crippen LogP contribution in [0.2, 0.25) is 0 Å². The van der Waals surface area contributed by atoms with E-state index in [1.807, 2.05) is 61.0 Å². The molecule has 0 fully saturated rings. The Balaban J connectivity index is 1.70. The number of aromatic nitrogens is 5. The summed E-state index contributed by atoms with van der Waals surface area (Å²) in [7, 11) is 0. The van der Waals surface area contributed by atoms with Crippen LogP contribution in [-0.4, -0.2) is 31.2 Å². The third kappa shape index (κ3) is 3.28. The van der Waals surface area contributed by atoms with Gasteiger partial charge in [0.2, 0.25) is 5.82 Å². The van der Waals surface area contributed by atoms with Crippen LogP contribution in [-0.2, 0) is 0 Å². The maximum absolute atomic E-state index is 5.85. The van der Waals surface area contributed by atoms with Gasteiger partial charge in [0, 0.05) is 11.6 Å². The summed E-state index contributed by atoms with van der Waals surface area (Å²) in [5.41, 5.74) is 3.38. The number of hydrogen-bond acceptors (Lipinski definition) is 6. The van der Waals surface area contributed by atoms with E-state index in [0.717, 1.165) is 27.9 Å². The predicted molar refractivity (Wildman–Crippen MR) is 102 cm³/mol. The van der Waals surface area contributed by atoms with Crippen LogP contribution in [0.4, 0.5) is 0 Å². The van der Waals surface area contributed by atoms with Gasteiger partial charge >= 0.3 is 0 Å². The lowest BCUT2D eigenvalue weighted by molar-refractivity contribution is 0.243. The fourth-order valence-electron chi connectivity index (χ4n) is 2.91. The third-order valence-corrected chi connectivity index (χ3v) is 4.12. The molecule has 2 aromatic carbocycles. The molecule has 0 bridgehead atoms. The summed E-state index contributed by atoms with van der Waals surface area (Å²) in [6.07, 6.45) is 0.0588. The van der Waals surface area contributed by atoms with Crippen LogP contribution in [0.25, 0.3) is 33.9 Å². The topological polar surface area (TPSA) is 78.9 Å². The standard InChI is InChI=1S/C20H21N5O2/c1-12(2)25-17-10-9-14(11-16(17)22-24-25)20-21-19(23-27-20)15-7-5-6-8-18(15)26-13(3)4/h5-13H,1-4H3. The number of hydrogen-bond donors (Lipinski definition) is 0. The van der Waals surface area contributed by atoms with Crippen LogP contribution in [0, 0.1) is 0 Å². The van der Waals surface area contributed by atoms with E-state index < -0.39 is 0 Å². The molecule has 7 nitrogen and oxygen atoms in total. The average molecular weight is 363 g/mol. The molecule has 0 amide bonds. The van der Waals surface area contributed by atoms with E-state index in [4.69, 9.17) is 9.26 Å². The molecule has 0 spiro atoms. The zero-order valence-corrected chi connectivity index (χ0v) is 15.7. The van der Waals surface area contributed by atoms with Gasteiger partial charge in [-0.2, -0.15) is 4.98 Å². The molecule has 0 N–H and O–H groups in total. The summed E-state index contributed by atoms with van der Waals surface area (Å²) in [6.45, 7) is 8.11. The minimum absolute atomic E-state index is 0.0588. The molecule has 0 saturated carbocycles. The van der Waals surface area contributed by atoms with Crippen molar-refractivity contribution < 1.29 is 9.26 Å². The Morgan fingerprint density at radius 1 is 1.04 bits per heavy atom. The van der Waals surface area contributed by atoms with Gasteiger partial charge in [-0.1, -0.05) is 22.5 Å². The number of benzene rings is 2. The van der Waals surface area contributed by atoms with Crippen LogP contribution < -0.4 is 4.74 Å². The lowest BCUT2D eigenvalue weighted by Gasteiger charge is -2.11. The first-order valence-electron chi connectivity index (χ1n) is 8.98. The van der Waals surface area contributed by atoms with Crippen molar-refractivity contribution in [1.29, 1.82) is 0 Å². The minimum atomic E-state index is 0.0588. The molecule has 7 heteroatoms. The summed E-state index contributed by atoms with van der Waals surface area (Å²) in [5.74, 6) is 1.66. The second kappa shape index (κ2) is 6.83. The van der Waals surface area contributed by atoms with Crippen LogP contribution >= 0.6 is 0 Å². The first-order valence-corrected chi connectivity index (χ1v) is 8.98. The molecule has 4 aromatic rings. The van der Waals surface area contributed by atoms with Crippen molar-refractivity contribution in [2.45, 2.75) is 39.8 Å². The molecule has 0 unspecified atom stereocenters. The summed E-state index contributed by atoms with van der Waals surface area (Å²) >= 11 is 0. The van der Waals surface area contributed by atoms with Crippen molar-refractivity contribution in [2.24, 2.45) is 0 Å². The molecule has 2 heterocycles. The Bertz CT molecular complexity index is 1080. The molecule has 4 rings (SSSR count). The van der Waals surface area contributed by atoms with Gasteiger partial charge in [-0.05, 0) is 58.0 Å². The highest BCUT2D eigenvalue weighted by atomic mass is 16.5. The second-order valence-electron chi connectivity index (χ2n) is 6.92. The van der Waals surface area contributed by atoms with Gasteiger partial charge in [0.1, 0.15) is 11.3 Å². The average Bonchev–Trinajstić information content (AvgIpc) is 3.28. The minimum Gasteiger partial charge on any atom is -0.490 e. The van der Waals surface area contributed by atoms with E-state index in [-0.39, 0.29) is 12.1 Å². The molecule has 0 atom stereocenters. The number of fused-ring (bicyclic) bond motifs is 1. The zero-order valence-electron chi connectivity index (χ0n) is 15.7. The Labute approximate surface area is 157 Å². The first kappa shape index (κ1) is 17.2. The molecular weight excluding hydrogens is 342 g/mol. The molecule has 0 saturated heterocycles. The predicted octanol–water partition coefficient (Wildman–Crippen LogP) is 4.52. The lowest BCUT2D eigenvalue weighted by Crippen LogP contribution is -2.06. The van der Waals surface area contributed by atoms with Crippen molar-refractivity contribution in [3.8, 4) is 28.6 Å². The van der Waals surface area contributed by atoms with Crippen LogP contribution in [0.15, 0.2) is 47.0 Å². The summed E-state index contributed by atoms with van der Waals surface area (Å²) in [6, 6.07) is 13.7. The van der Waals surface area contributed by atoms with E-state index in [0.29, 0.717) is 11.7 Å². The molecule has 0 aliphatic carbocycles. The van der Waals surface area contributed by atoms with Gasteiger partial charge in [0.05, 0.1) is 17.2 Å². The molecule has 0 aliphatic heterocycles. The molecule has 138 valence electrons. The monoisotopic (exact) mass is 363 g/mol. The Morgan fingerprint density at radius 2 is 1.85 bits per heavy atom. The maximum atomic E-state index is 5.85. The van der Waals surface area contributed by atoms with Crippen LogP contribution in [0.1, 0.15) is 33.7 Å². The first-order chi connectivity index (χ1) is 13.0. The number of ether oxygens (including phenoxy) is 1. The number of rotatable bonds is 5. The van der Waals surface area contributed by atoms with Gasteiger partial charge in [-0.15, -0.1) is 5.10 Å². The van der Waals surface area contributed by atoms with E-state index in [9.17, 15) is 0 Å². The van der Waals surface area contributed by atoms with Crippen molar-refractivity contribution in [2.75, 3.05) is 0 Å². The number of para-hydroxylation sites is 1. The molecule has 0 aliphatic rings. The highest BCUT2D eigenvalue weighted by Crippen LogP contribution is 2.31. The smallest absolute Gasteiger partial charge is 0.258 e. The Hall–Kier alpha value is -3.22. The van der Waals surface area contributed by atoms with Crippen molar-refractivity contribution in [1.82, 2.24) is 25.1 Å². The Kier molecular flexibility index (Phi) is 4.35. The lowest BCUT2D eigenvalue weighted by atomic mass is 10.1. The van der Waals surface area contributed by atoms with Crippen molar-refractivity contribution in [3.05, 3.63) is 42.5 Å². The van der Waals surface area contributed by atoms with Gasteiger partial charge in [-0.25, -0.2) is 4.68 Å². The normalized spacial score (nSPS) is 11.6. The van der Waals surface area contributed by atoms with E-state index in [2.05, 4.69) is 34.3 Å². The summed E-state index contributed by atoms with van der Waals surface area (Å²) < 4.78 is 13.2. The van der Waals surface area contributed by atoms with Gasteiger partial charge in [0.25, 0.3) is 5.89 Å². The summed E-state index contributed by atoms with van der Waals surface area (Å²) in [5, 5.41) is 12.6. The summed E-state index contributed by atoms with van der Waals surface area (Å²) in [4.78, 5) is 4.55. The van der Waals surface area contributed by atoms with Gasteiger partial charge < -0.3 is 9.26 Å². The third-order valence-electron chi connectivity index (χ3n) is 4.12. The van der Waals surface area contributed by atoms with Gasteiger partial charge in [-0.3, -0.25) is 0 Å². The second-order valence-corrected chi connectivity index (χ2v) is 6.92. The Morgan fingerprint density at radius 3 is 2.63 bits per heavy atom. The fourth-order valence-corrected chi connectivity index (χ4v) is 2.91. The SMILES string of the molecule is CC(C)Oc1ccccc1-c1noc(-c2ccc3c(c2)nnn3C(C)C)n1. The van der Waals surface area contributed by atoms with E-state index in [1.54, 1.807) is 0 Å². The van der Waals surface area contributed by atoms with Crippen LogP contribution in [0.3, 0.4) is 0 Å². The maximum Gasteiger partial charge on any atom is 0.258 e. The van der Waals surface area contributed by atoms with E-state index >= 15 is 0 Å². The van der Waals surface area contributed by atoms with Crippen molar-refractivity contribution >= 4 is 11.0 Å². The largest absolute Gasteiger partial charge is 0.490 e. The highest BCUT2D eigenvalue weighted by Gasteiger charge is 2.16. The fraction of sp³-hybridized carbons (Fsp3) is 0.300. The molecule has 2 aromatic heterocycles. The van der Waals surface area contributed by atoms with Crippen molar-refractivity contribution in [3.63, 3.8) is 0 Å². The zero-order chi connectivity index (χ0) is 19.0. The van der Waals surface area contributed by atoms with Crippen LogP contribution in [0.5, 0.6) is 5.75 Å². The molecule has 27 heavy (non-hydrogen) atoms. The van der Waals surface area contributed by atoms with E-state index in [1.165, 1.54) is 0 Å². The molecule has 0 radical (unpaired) electrons. The highest BCUT2D eigenvalue weighted by molar-refractivity contribution is 5.80. The molecular formula is C20H21N5O2. The van der Waals surface area contributed by atoms with Gasteiger partial charge in [0.15, 0.2) is 0 Å².